The van der Waals surface area contributed by atoms with Crippen LogP contribution >= 0.6 is 0 Å². The van der Waals surface area contributed by atoms with Crippen LogP contribution in [-0.4, -0.2) is 25.9 Å². The number of aryl methyl sites for hydroxylation is 1. The van der Waals surface area contributed by atoms with Gasteiger partial charge >= 0.3 is 0 Å². The van der Waals surface area contributed by atoms with Gasteiger partial charge in [0.25, 0.3) is 10.1 Å². The quantitative estimate of drug-likeness (QED) is 0.0818. The van der Waals surface area contributed by atoms with Crippen LogP contribution in [-0.2, 0) is 10.1 Å². The van der Waals surface area contributed by atoms with E-state index in [-0.39, 0.29) is 23.0 Å². The topological polar surface area (TPSA) is 108 Å². The summed E-state index contributed by atoms with van der Waals surface area (Å²) in [4.78, 5) is 12.7. The zero-order valence-corrected chi connectivity index (χ0v) is 27.8. The van der Waals surface area contributed by atoms with Crippen LogP contribution in [0.25, 0.3) is 11.1 Å². The van der Waals surface area contributed by atoms with E-state index in [4.69, 9.17) is 25.4 Å². The lowest BCUT2D eigenvalue weighted by molar-refractivity contribution is 0.103. The predicted molar refractivity (Wildman–Crippen MR) is 190 cm³/mol. The van der Waals surface area contributed by atoms with E-state index in [2.05, 4.69) is 5.92 Å². The smallest absolute Gasteiger partial charge is 0.298 e. The normalized spacial score (nSPS) is 10.9. The fraction of sp³-hybridized carbons (Fsp3) is 0.0488. The lowest BCUT2D eigenvalue weighted by Gasteiger charge is -2.15. The second-order valence-electron chi connectivity index (χ2n) is 11.2. The van der Waals surface area contributed by atoms with Crippen molar-refractivity contribution >= 4 is 15.9 Å². The molecule has 0 atom stereocenters. The highest BCUT2D eigenvalue weighted by Crippen LogP contribution is 2.38. The molecule has 0 aromatic heterocycles. The van der Waals surface area contributed by atoms with Gasteiger partial charge < -0.3 is 18.9 Å². The molecule has 0 heterocycles. The first kappa shape index (κ1) is 33.6. The molecule has 0 radical (unpaired) electrons. The van der Waals surface area contributed by atoms with Gasteiger partial charge in [0.05, 0.1) is 7.11 Å². The molecular weight excluding hydrogens is 653 g/mol. The van der Waals surface area contributed by atoms with E-state index < -0.39 is 15.0 Å². The molecule has 50 heavy (non-hydrogen) atoms. The van der Waals surface area contributed by atoms with E-state index >= 15 is 0 Å². The lowest BCUT2D eigenvalue weighted by Crippen LogP contribution is -2.03. The molecule has 0 aliphatic heterocycles. The lowest BCUT2D eigenvalue weighted by atomic mass is 10.0. The zero-order valence-electron chi connectivity index (χ0n) is 27.0. The minimum absolute atomic E-state index is 0.125. The number of terminal acetylenes is 1. The van der Waals surface area contributed by atoms with Crippen LogP contribution < -0.4 is 18.9 Å². The van der Waals surface area contributed by atoms with Crippen molar-refractivity contribution < 1.29 is 36.7 Å². The Kier molecular flexibility index (Phi) is 9.68. The van der Waals surface area contributed by atoms with E-state index in [9.17, 15) is 17.8 Å². The molecular formula is C41H30O8S. The third-order valence-corrected chi connectivity index (χ3v) is 8.55. The summed E-state index contributed by atoms with van der Waals surface area (Å²) in [5.41, 5.74) is 4.21. The van der Waals surface area contributed by atoms with Crippen LogP contribution in [0, 0.1) is 19.3 Å². The van der Waals surface area contributed by atoms with Crippen molar-refractivity contribution in [1.29, 1.82) is 0 Å². The van der Waals surface area contributed by atoms with Gasteiger partial charge in [-0.3, -0.25) is 9.35 Å². The number of carbonyl (C=O) groups excluding carboxylic acids is 1. The van der Waals surface area contributed by atoms with Gasteiger partial charge in [0, 0.05) is 28.3 Å². The number of ether oxygens (including phenoxy) is 4. The summed E-state index contributed by atoms with van der Waals surface area (Å²) in [7, 11) is -3.13. The van der Waals surface area contributed by atoms with Crippen molar-refractivity contribution in [1.82, 2.24) is 0 Å². The van der Waals surface area contributed by atoms with E-state index in [1.807, 2.05) is 43.3 Å². The molecule has 0 fully saturated rings. The number of rotatable bonds is 11. The van der Waals surface area contributed by atoms with Gasteiger partial charge in [-0.15, -0.1) is 6.42 Å². The summed E-state index contributed by atoms with van der Waals surface area (Å²) < 4.78 is 57.9. The van der Waals surface area contributed by atoms with Crippen molar-refractivity contribution in [2.24, 2.45) is 0 Å². The highest BCUT2D eigenvalue weighted by molar-refractivity contribution is 7.86. The molecule has 0 spiro atoms. The standard InChI is InChI=1S/C41H30O8S/c1-4-28-6-8-29(9-7-28)37-25-27(2)5-23-38(37)49-36-22-24-39(40(26-36)50(43,44)45)48-35-16-12-31(13-17-35)41(42)30-10-14-33(15-11-30)47-34-20-18-32(46-3)19-21-34/h1,5-26H,2-3H3,(H,43,44,45). The van der Waals surface area contributed by atoms with Crippen molar-refractivity contribution in [2.45, 2.75) is 11.8 Å². The number of hydrogen-bond acceptors (Lipinski definition) is 7. The van der Waals surface area contributed by atoms with E-state index in [0.717, 1.165) is 22.3 Å². The summed E-state index contributed by atoms with van der Waals surface area (Å²) >= 11 is 0. The van der Waals surface area contributed by atoms with Crippen LogP contribution in [0.1, 0.15) is 27.0 Å². The summed E-state index contributed by atoms with van der Waals surface area (Å²) in [5.74, 6) is 5.04. The molecule has 0 saturated carbocycles. The summed E-state index contributed by atoms with van der Waals surface area (Å²) in [6, 6.07) is 37.2. The Balaban J connectivity index is 1.17. The predicted octanol–water partition coefficient (Wildman–Crippen LogP) is 9.51. The number of benzene rings is 6. The summed E-state index contributed by atoms with van der Waals surface area (Å²) in [6.45, 7) is 1.95. The Bertz CT molecular complexity index is 2300. The van der Waals surface area contributed by atoms with Crippen LogP contribution in [0.5, 0.6) is 40.2 Å². The maximum atomic E-state index is 13.2. The third-order valence-electron chi connectivity index (χ3n) is 7.67. The molecule has 248 valence electrons. The largest absolute Gasteiger partial charge is 0.497 e. The SMILES string of the molecule is C#Cc1ccc(-c2cc(C)ccc2Oc2ccc(Oc3ccc(C(=O)c4ccc(Oc5ccc(OC)cc5)cc4)cc3)c(S(=O)(=O)O)c2)cc1. The molecule has 6 aromatic carbocycles. The van der Waals surface area contributed by atoms with Crippen molar-refractivity contribution in [3.8, 4) is 63.7 Å². The minimum Gasteiger partial charge on any atom is -0.497 e. The monoisotopic (exact) mass is 682 g/mol. The average Bonchev–Trinajstić information content (AvgIpc) is 3.13. The van der Waals surface area contributed by atoms with Gasteiger partial charge in [0.15, 0.2) is 5.78 Å². The maximum Gasteiger partial charge on any atom is 0.298 e. The fourth-order valence-corrected chi connectivity index (χ4v) is 5.72. The Morgan fingerprint density at radius 3 is 1.68 bits per heavy atom. The Hall–Kier alpha value is -6.34. The second kappa shape index (κ2) is 14.4. The molecule has 0 amide bonds. The van der Waals surface area contributed by atoms with Gasteiger partial charge in [-0.2, -0.15) is 8.42 Å². The van der Waals surface area contributed by atoms with Gasteiger partial charge in [-0.05, 0) is 122 Å². The molecule has 0 aliphatic rings. The maximum absolute atomic E-state index is 13.2. The number of methoxy groups -OCH3 is 1. The average molecular weight is 683 g/mol. The highest BCUT2D eigenvalue weighted by Gasteiger charge is 2.20. The Morgan fingerprint density at radius 2 is 1.12 bits per heavy atom. The summed E-state index contributed by atoms with van der Waals surface area (Å²) in [5, 5.41) is 0. The molecule has 8 nitrogen and oxygen atoms in total. The van der Waals surface area contributed by atoms with Gasteiger partial charge in [0.2, 0.25) is 0 Å². The van der Waals surface area contributed by atoms with E-state index in [1.54, 1.807) is 73.8 Å². The Labute approximate surface area is 290 Å². The van der Waals surface area contributed by atoms with Crippen molar-refractivity contribution in [3.63, 3.8) is 0 Å². The zero-order chi connectivity index (χ0) is 35.3. The summed E-state index contributed by atoms with van der Waals surface area (Å²) in [6.07, 6.45) is 5.50. The molecule has 0 saturated heterocycles. The highest BCUT2D eigenvalue weighted by atomic mass is 32.2. The van der Waals surface area contributed by atoms with E-state index in [0.29, 0.717) is 34.1 Å². The first-order chi connectivity index (χ1) is 24.1. The van der Waals surface area contributed by atoms with E-state index in [1.165, 1.54) is 30.3 Å². The van der Waals surface area contributed by atoms with Crippen LogP contribution in [0.15, 0.2) is 138 Å². The fourth-order valence-electron chi connectivity index (χ4n) is 5.09. The Morgan fingerprint density at radius 1 is 0.620 bits per heavy atom. The third kappa shape index (κ3) is 7.85. The molecule has 0 bridgehead atoms. The van der Waals surface area contributed by atoms with Crippen LogP contribution in [0.3, 0.4) is 0 Å². The van der Waals surface area contributed by atoms with Crippen LogP contribution in [0.2, 0.25) is 0 Å². The van der Waals surface area contributed by atoms with Crippen molar-refractivity contribution in [3.05, 3.63) is 156 Å². The van der Waals surface area contributed by atoms with Gasteiger partial charge in [-0.1, -0.05) is 29.7 Å². The number of hydrogen-bond donors (Lipinski definition) is 1. The van der Waals surface area contributed by atoms with Crippen LogP contribution in [0.4, 0.5) is 0 Å². The molecule has 6 rings (SSSR count). The second-order valence-corrected chi connectivity index (χ2v) is 12.6. The molecule has 9 heteroatoms. The first-order valence-electron chi connectivity index (χ1n) is 15.3. The van der Waals surface area contributed by atoms with Gasteiger partial charge in [0.1, 0.15) is 45.1 Å². The molecule has 6 aromatic rings. The number of ketones is 1. The molecule has 1 N–H and O–H groups in total. The van der Waals surface area contributed by atoms with Crippen molar-refractivity contribution in [2.75, 3.05) is 7.11 Å². The molecule has 0 unspecified atom stereocenters. The minimum atomic E-state index is -4.72. The first-order valence-corrected chi connectivity index (χ1v) is 16.8. The number of carbonyl (C=O) groups is 1. The molecule has 0 aliphatic carbocycles. The van der Waals surface area contributed by atoms with Gasteiger partial charge in [-0.25, -0.2) is 0 Å².